The van der Waals surface area contributed by atoms with E-state index in [0.29, 0.717) is 0 Å². The van der Waals surface area contributed by atoms with Crippen LogP contribution in [0.25, 0.3) is 0 Å². The van der Waals surface area contributed by atoms with Crippen LogP contribution in [0.1, 0.15) is 10.4 Å². The average molecular weight is 257 g/mol. The number of nitro groups is 1. The summed E-state index contributed by atoms with van der Waals surface area (Å²) in [6.45, 7) is 0. The molecule has 0 heterocycles. The lowest BCUT2D eigenvalue weighted by atomic mass is 10.2. The monoisotopic (exact) mass is 257 g/mol. The molecule has 0 radical (unpaired) electrons. The van der Waals surface area contributed by atoms with Crippen molar-refractivity contribution in [2.24, 2.45) is 0 Å². The topological polar surface area (TPSA) is 104 Å². The van der Waals surface area contributed by atoms with Crippen LogP contribution in [0.2, 0.25) is 0 Å². The largest absolute Gasteiger partial charge is 0.768 e. The lowest BCUT2D eigenvalue weighted by molar-refractivity contribution is -0.385. The standard InChI is InChI=1S/C9H10N2O5S/c1-10(2)9(12)7-4-3-6(11(13)14)5-8(7)17(15)16/h3-5H,1-2H3,(H,15,16)/p-1. The van der Waals surface area contributed by atoms with E-state index in [9.17, 15) is 23.7 Å². The van der Waals surface area contributed by atoms with Gasteiger partial charge in [0.1, 0.15) is 0 Å². The Morgan fingerprint density at radius 3 is 2.41 bits per heavy atom. The minimum atomic E-state index is -2.71. The van der Waals surface area contributed by atoms with Gasteiger partial charge in [-0.1, -0.05) is 0 Å². The predicted molar refractivity (Wildman–Crippen MR) is 58.3 cm³/mol. The molecule has 1 aromatic carbocycles. The second-order valence-electron chi connectivity index (χ2n) is 3.37. The third kappa shape index (κ3) is 2.86. The van der Waals surface area contributed by atoms with Crippen molar-refractivity contribution in [1.82, 2.24) is 4.90 Å². The van der Waals surface area contributed by atoms with E-state index in [0.717, 1.165) is 18.2 Å². The first-order valence-corrected chi connectivity index (χ1v) is 5.51. The number of nitro benzene ring substituents is 1. The van der Waals surface area contributed by atoms with E-state index >= 15 is 0 Å². The van der Waals surface area contributed by atoms with Crippen molar-refractivity contribution in [1.29, 1.82) is 0 Å². The molecule has 1 aromatic rings. The van der Waals surface area contributed by atoms with Crippen LogP contribution in [0.15, 0.2) is 23.1 Å². The van der Waals surface area contributed by atoms with Gasteiger partial charge in [0.05, 0.1) is 10.5 Å². The highest BCUT2D eigenvalue weighted by Crippen LogP contribution is 2.21. The highest BCUT2D eigenvalue weighted by Gasteiger charge is 2.17. The van der Waals surface area contributed by atoms with Gasteiger partial charge < -0.3 is 9.45 Å². The number of benzene rings is 1. The van der Waals surface area contributed by atoms with Crippen LogP contribution in [0.4, 0.5) is 5.69 Å². The van der Waals surface area contributed by atoms with Crippen molar-refractivity contribution in [2.45, 2.75) is 4.90 Å². The highest BCUT2D eigenvalue weighted by atomic mass is 32.2. The zero-order chi connectivity index (χ0) is 13.2. The summed E-state index contributed by atoms with van der Waals surface area (Å²) in [7, 11) is 2.92. The van der Waals surface area contributed by atoms with Crippen molar-refractivity contribution >= 4 is 22.7 Å². The van der Waals surface area contributed by atoms with Crippen LogP contribution in [0, 0.1) is 10.1 Å². The fraction of sp³-hybridized carbons (Fsp3) is 0.222. The van der Waals surface area contributed by atoms with Gasteiger partial charge in [-0.15, -0.1) is 0 Å². The number of amides is 1. The number of non-ortho nitro benzene ring substituents is 1. The number of hydrogen-bond donors (Lipinski definition) is 0. The van der Waals surface area contributed by atoms with Gasteiger partial charge in [0.2, 0.25) is 0 Å². The van der Waals surface area contributed by atoms with E-state index in [2.05, 4.69) is 0 Å². The predicted octanol–water partition coefficient (Wildman–Crippen LogP) is 0.535. The molecule has 92 valence electrons. The Balaban J connectivity index is 3.37. The van der Waals surface area contributed by atoms with Crippen LogP contribution in [-0.2, 0) is 11.1 Å². The van der Waals surface area contributed by atoms with Crippen molar-refractivity contribution in [2.75, 3.05) is 14.1 Å². The zero-order valence-electron chi connectivity index (χ0n) is 9.08. The Morgan fingerprint density at radius 2 is 2.00 bits per heavy atom. The van der Waals surface area contributed by atoms with E-state index in [1.165, 1.54) is 19.0 Å². The molecule has 0 aromatic heterocycles. The average Bonchev–Trinajstić information content (AvgIpc) is 2.26. The SMILES string of the molecule is CN(C)C(=O)c1ccc([N+](=O)[O-])cc1S(=O)[O-]. The third-order valence-corrected chi connectivity index (χ3v) is 2.69. The van der Waals surface area contributed by atoms with Crippen molar-refractivity contribution in [3.8, 4) is 0 Å². The summed E-state index contributed by atoms with van der Waals surface area (Å²) in [5.41, 5.74) is -0.464. The smallest absolute Gasteiger partial charge is 0.270 e. The molecule has 1 atom stereocenters. The van der Waals surface area contributed by atoms with Gasteiger partial charge in [0, 0.05) is 31.1 Å². The summed E-state index contributed by atoms with van der Waals surface area (Å²) in [4.78, 5) is 22.2. The van der Waals surface area contributed by atoms with Gasteiger partial charge in [-0.2, -0.15) is 0 Å². The van der Waals surface area contributed by atoms with E-state index in [1.807, 2.05) is 0 Å². The fourth-order valence-corrected chi connectivity index (χ4v) is 1.73. The Kier molecular flexibility index (Phi) is 3.92. The molecular formula is C9H9N2O5S-. The summed E-state index contributed by atoms with van der Waals surface area (Å²) in [6, 6.07) is 3.08. The number of hydrogen-bond acceptors (Lipinski definition) is 5. The first kappa shape index (κ1) is 13.3. The molecule has 0 saturated heterocycles. The summed E-state index contributed by atoms with van der Waals surface area (Å²) in [6.07, 6.45) is 0. The lowest BCUT2D eigenvalue weighted by Crippen LogP contribution is -2.23. The minimum absolute atomic E-state index is 0.0890. The Morgan fingerprint density at radius 1 is 1.41 bits per heavy atom. The maximum absolute atomic E-state index is 11.6. The van der Waals surface area contributed by atoms with E-state index in [-0.39, 0.29) is 16.1 Å². The molecule has 0 saturated carbocycles. The zero-order valence-corrected chi connectivity index (χ0v) is 9.89. The molecule has 1 amide bonds. The lowest BCUT2D eigenvalue weighted by Gasteiger charge is -2.15. The molecule has 0 N–H and O–H groups in total. The van der Waals surface area contributed by atoms with Crippen molar-refractivity contribution in [3.05, 3.63) is 33.9 Å². The van der Waals surface area contributed by atoms with Crippen LogP contribution in [0.5, 0.6) is 0 Å². The molecule has 0 fully saturated rings. The Bertz CT molecular complexity index is 500. The number of nitrogens with zero attached hydrogens (tertiary/aromatic N) is 2. The van der Waals surface area contributed by atoms with E-state index in [4.69, 9.17) is 0 Å². The second-order valence-corrected chi connectivity index (χ2v) is 4.28. The molecule has 0 aliphatic rings. The first-order valence-electron chi connectivity index (χ1n) is 4.44. The number of carbonyl (C=O) groups excluding carboxylic acids is 1. The van der Waals surface area contributed by atoms with Gasteiger partial charge in [-0.3, -0.25) is 19.1 Å². The van der Waals surface area contributed by atoms with E-state index < -0.39 is 21.9 Å². The van der Waals surface area contributed by atoms with Gasteiger partial charge >= 0.3 is 0 Å². The molecule has 0 aliphatic carbocycles. The number of carbonyl (C=O) groups is 1. The maximum atomic E-state index is 11.6. The van der Waals surface area contributed by atoms with Crippen molar-refractivity contribution < 1.29 is 18.5 Å². The Labute approximate surface area is 99.5 Å². The van der Waals surface area contributed by atoms with Crippen molar-refractivity contribution in [3.63, 3.8) is 0 Å². The van der Waals surface area contributed by atoms with Crippen LogP contribution >= 0.6 is 0 Å². The van der Waals surface area contributed by atoms with Gasteiger partial charge in [0.25, 0.3) is 11.6 Å². The molecule has 8 heteroatoms. The molecule has 0 bridgehead atoms. The molecule has 17 heavy (non-hydrogen) atoms. The molecule has 1 unspecified atom stereocenters. The van der Waals surface area contributed by atoms with Gasteiger partial charge in [-0.05, 0) is 17.1 Å². The van der Waals surface area contributed by atoms with E-state index in [1.54, 1.807) is 0 Å². The summed E-state index contributed by atoms with van der Waals surface area (Å²) < 4.78 is 21.9. The fourth-order valence-electron chi connectivity index (χ4n) is 1.18. The summed E-state index contributed by atoms with van der Waals surface area (Å²) in [5.74, 6) is -0.529. The molecule has 0 aliphatic heterocycles. The maximum Gasteiger partial charge on any atom is 0.270 e. The molecule has 0 spiro atoms. The minimum Gasteiger partial charge on any atom is -0.768 e. The summed E-state index contributed by atoms with van der Waals surface area (Å²) in [5, 5.41) is 10.5. The van der Waals surface area contributed by atoms with Gasteiger partial charge in [0.15, 0.2) is 0 Å². The molecule has 7 nitrogen and oxygen atoms in total. The Hall–Kier alpha value is -1.80. The van der Waals surface area contributed by atoms with Crippen LogP contribution in [-0.4, -0.2) is 38.6 Å². The normalized spacial score (nSPS) is 11.9. The van der Waals surface area contributed by atoms with Gasteiger partial charge in [-0.25, -0.2) is 0 Å². The molecule has 1 rings (SSSR count). The highest BCUT2D eigenvalue weighted by molar-refractivity contribution is 7.79. The molecular weight excluding hydrogens is 248 g/mol. The third-order valence-electron chi connectivity index (χ3n) is 1.99. The number of rotatable bonds is 3. The van der Waals surface area contributed by atoms with Crippen LogP contribution < -0.4 is 0 Å². The first-order chi connectivity index (χ1) is 7.84. The van der Waals surface area contributed by atoms with Crippen LogP contribution in [0.3, 0.4) is 0 Å². The second kappa shape index (κ2) is 5.02. The summed E-state index contributed by atoms with van der Waals surface area (Å²) >= 11 is -2.71. The quantitative estimate of drug-likeness (QED) is 0.446.